The van der Waals surface area contributed by atoms with Crippen LogP contribution in [0.2, 0.25) is 0 Å². The molecule has 1 aromatic heterocycles. The van der Waals surface area contributed by atoms with Gasteiger partial charge in [-0.15, -0.1) is 0 Å². The van der Waals surface area contributed by atoms with Crippen LogP contribution >= 0.6 is 0 Å². The van der Waals surface area contributed by atoms with Gasteiger partial charge in [-0.1, -0.05) is 30.3 Å². The van der Waals surface area contributed by atoms with E-state index in [1.165, 1.54) is 24.4 Å². The number of carbonyl (C=O) groups is 2. The van der Waals surface area contributed by atoms with Crippen molar-refractivity contribution in [2.75, 3.05) is 19.6 Å². The van der Waals surface area contributed by atoms with Crippen molar-refractivity contribution in [3.63, 3.8) is 0 Å². The van der Waals surface area contributed by atoms with E-state index < -0.39 is 0 Å². The van der Waals surface area contributed by atoms with E-state index in [0.29, 0.717) is 17.7 Å². The van der Waals surface area contributed by atoms with Crippen molar-refractivity contribution in [3.8, 4) is 0 Å². The van der Waals surface area contributed by atoms with Crippen molar-refractivity contribution in [2.45, 2.75) is 25.7 Å². The molecule has 1 saturated heterocycles. The molecule has 1 fully saturated rings. The number of nitrogens with zero attached hydrogens (tertiary/aromatic N) is 2. The second-order valence-electron chi connectivity index (χ2n) is 6.31. The molecule has 3 rings (SSSR count). The highest BCUT2D eigenvalue weighted by molar-refractivity contribution is 5.99. The van der Waals surface area contributed by atoms with E-state index in [9.17, 15) is 9.59 Å². The maximum atomic E-state index is 12.5. The smallest absolute Gasteiger partial charge is 0.255 e. The average molecular weight is 337 g/mol. The van der Waals surface area contributed by atoms with E-state index in [1.807, 2.05) is 35.2 Å². The summed E-state index contributed by atoms with van der Waals surface area (Å²) in [4.78, 5) is 30.8. The number of rotatable bonds is 5. The van der Waals surface area contributed by atoms with Gasteiger partial charge in [0.25, 0.3) is 11.8 Å². The second-order valence-corrected chi connectivity index (χ2v) is 6.31. The number of nitrogens with one attached hydrogen (secondary N) is 1. The average Bonchev–Trinajstić information content (AvgIpc) is 2.69. The van der Waals surface area contributed by atoms with Crippen LogP contribution in [0.1, 0.15) is 45.5 Å². The number of amides is 2. The Morgan fingerprint density at radius 2 is 1.72 bits per heavy atom. The summed E-state index contributed by atoms with van der Waals surface area (Å²) in [7, 11) is 0. The molecule has 0 atom stereocenters. The lowest BCUT2D eigenvalue weighted by atomic mass is 10.1. The molecule has 0 saturated carbocycles. The molecule has 2 amide bonds. The molecule has 0 radical (unpaired) electrons. The standard InChI is InChI=1S/C20H23N3O2/c24-19(22-10-9-16-7-3-1-4-8-16)17-13-18(15-21-14-17)20(25)23-11-5-2-6-12-23/h1,3-4,7-8,13-15H,2,5-6,9-12H2,(H,22,24). The topological polar surface area (TPSA) is 62.3 Å². The van der Waals surface area contributed by atoms with E-state index in [-0.39, 0.29) is 11.8 Å². The summed E-state index contributed by atoms with van der Waals surface area (Å²) >= 11 is 0. The van der Waals surface area contributed by atoms with Crippen LogP contribution in [-0.2, 0) is 6.42 Å². The first-order valence-electron chi connectivity index (χ1n) is 8.80. The molecule has 0 aliphatic carbocycles. The summed E-state index contributed by atoms with van der Waals surface area (Å²) < 4.78 is 0. The quantitative estimate of drug-likeness (QED) is 0.912. The van der Waals surface area contributed by atoms with E-state index in [4.69, 9.17) is 0 Å². The molecule has 1 aliphatic heterocycles. The lowest BCUT2D eigenvalue weighted by molar-refractivity contribution is 0.0724. The zero-order chi connectivity index (χ0) is 17.5. The van der Waals surface area contributed by atoms with Crippen LogP contribution in [0.15, 0.2) is 48.8 Å². The van der Waals surface area contributed by atoms with Crippen molar-refractivity contribution < 1.29 is 9.59 Å². The summed E-state index contributed by atoms with van der Waals surface area (Å²) in [5.41, 5.74) is 2.09. The molecule has 2 heterocycles. The van der Waals surface area contributed by atoms with Crippen LogP contribution in [0.4, 0.5) is 0 Å². The highest BCUT2D eigenvalue weighted by Crippen LogP contribution is 2.13. The number of aromatic nitrogens is 1. The van der Waals surface area contributed by atoms with Crippen LogP contribution in [0.5, 0.6) is 0 Å². The van der Waals surface area contributed by atoms with Crippen molar-refractivity contribution in [1.29, 1.82) is 0 Å². The molecule has 130 valence electrons. The third kappa shape index (κ3) is 4.66. The van der Waals surface area contributed by atoms with Crippen LogP contribution in [0, 0.1) is 0 Å². The van der Waals surface area contributed by atoms with Gasteiger partial charge in [-0.05, 0) is 37.3 Å². The number of pyridine rings is 1. The Morgan fingerprint density at radius 3 is 2.48 bits per heavy atom. The molecule has 5 nitrogen and oxygen atoms in total. The fraction of sp³-hybridized carbons (Fsp3) is 0.350. The summed E-state index contributed by atoms with van der Waals surface area (Å²) in [5.74, 6) is -0.233. The zero-order valence-corrected chi connectivity index (χ0v) is 14.3. The molecule has 1 N–H and O–H groups in total. The van der Waals surface area contributed by atoms with Crippen LogP contribution < -0.4 is 5.32 Å². The summed E-state index contributed by atoms with van der Waals surface area (Å²) in [6.45, 7) is 2.12. The van der Waals surface area contributed by atoms with E-state index >= 15 is 0 Å². The highest BCUT2D eigenvalue weighted by atomic mass is 16.2. The molecule has 5 heteroatoms. The van der Waals surface area contributed by atoms with Crippen LogP contribution in [0.3, 0.4) is 0 Å². The maximum Gasteiger partial charge on any atom is 0.255 e. The van der Waals surface area contributed by atoms with Gasteiger partial charge in [0.1, 0.15) is 0 Å². The van der Waals surface area contributed by atoms with Crippen LogP contribution in [-0.4, -0.2) is 41.3 Å². The van der Waals surface area contributed by atoms with Crippen molar-refractivity contribution in [1.82, 2.24) is 15.2 Å². The Balaban J connectivity index is 1.58. The fourth-order valence-corrected chi connectivity index (χ4v) is 3.03. The molecule has 25 heavy (non-hydrogen) atoms. The van der Waals surface area contributed by atoms with Gasteiger partial charge in [-0.3, -0.25) is 14.6 Å². The van der Waals surface area contributed by atoms with E-state index in [1.54, 1.807) is 6.07 Å². The lowest BCUT2D eigenvalue weighted by Crippen LogP contribution is -2.35. The van der Waals surface area contributed by atoms with E-state index in [2.05, 4.69) is 10.3 Å². The van der Waals surface area contributed by atoms with Gasteiger partial charge in [0, 0.05) is 32.0 Å². The largest absolute Gasteiger partial charge is 0.352 e. The Bertz CT molecular complexity index is 725. The van der Waals surface area contributed by atoms with Crippen LogP contribution in [0.25, 0.3) is 0 Å². The minimum Gasteiger partial charge on any atom is -0.352 e. The third-order valence-electron chi connectivity index (χ3n) is 4.43. The minimum atomic E-state index is -0.197. The van der Waals surface area contributed by atoms with Gasteiger partial charge in [-0.2, -0.15) is 0 Å². The van der Waals surface area contributed by atoms with Crippen molar-refractivity contribution >= 4 is 11.8 Å². The first-order valence-corrected chi connectivity index (χ1v) is 8.80. The normalized spacial score (nSPS) is 14.2. The Morgan fingerprint density at radius 1 is 1.00 bits per heavy atom. The first-order chi connectivity index (χ1) is 12.2. The second kappa shape index (κ2) is 8.42. The predicted octanol–water partition coefficient (Wildman–Crippen LogP) is 2.68. The molecule has 2 aromatic rings. The predicted molar refractivity (Wildman–Crippen MR) is 96.5 cm³/mol. The van der Waals surface area contributed by atoms with Gasteiger partial charge in [0.2, 0.25) is 0 Å². The lowest BCUT2D eigenvalue weighted by Gasteiger charge is -2.26. The Labute approximate surface area is 148 Å². The number of hydrogen-bond acceptors (Lipinski definition) is 3. The molecule has 0 unspecified atom stereocenters. The Hall–Kier alpha value is -2.69. The molecular weight excluding hydrogens is 314 g/mol. The van der Waals surface area contributed by atoms with Crippen molar-refractivity contribution in [3.05, 3.63) is 65.5 Å². The highest BCUT2D eigenvalue weighted by Gasteiger charge is 2.19. The number of hydrogen-bond donors (Lipinski definition) is 1. The first kappa shape index (κ1) is 17.1. The summed E-state index contributed by atoms with van der Waals surface area (Å²) in [5, 5.41) is 2.89. The number of likely N-dealkylation sites (tertiary alicyclic amines) is 1. The fourth-order valence-electron chi connectivity index (χ4n) is 3.03. The van der Waals surface area contributed by atoms with Crippen molar-refractivity contribution in [2.24, 2.45) is 0 Å². The number of piperidine rings is 1. The van der Waals surface area contributed by atoms with Gasteiger partial charge >= 0.3 is 0 Å². The van der Waals surface area contributed by atoms with Gasteiger partial charge < -0.3 is 10.2 Å². The Kier molecular flexibility index (Phi) is 5.77. The molecule has 1 aromatic carbocycles. The monoisotopic (exact) mass is 337 g/mol. The molecule has 0 spiro atoms. The SMILES string of the molecule is O=C(NCCc1ccccc1)c1cncc(C(=O)N2CCCCC2)c1. The number of carbonyl (C=O) groups excluding carboxylic acids is 2. The van der Waals surface area contributed by atoms with Gasteiger partial charge in [0.15, 0.2) is 0 Å². The number of benzene rings is 1. The molecular formula is C20H23N3O2. The summed E-state index contributed by atoms with van der Waals surface area (Å²) in [6.07, 6.45) is 7.07. The van der Waals surface area contributed by atoms with Gasteiger partial charge in [0.05, 0.1) is 11.1 Å². The maximum absolute atomic E-state index is 12.5. The molecule has 0 bridgehead atoms. The zero-order valence-electron chi connectivity index (χ0n) is 14.3. The van der Waals surface area contributed by atoms with Gasteiger partial charge in [-0.25, -0.2) is 0 Å². The third-order valence-corrected chi connectivity index (χ3v) is 4.43. The van der Waals surface area contributed by atoms with E-state index in [0.717, 1.165) is 32.4 Å². The minimum absolute atomic E-state index is 0.0360. The molecule has 1 aliphatic rings. The summed E-state index contributed by atoms with van der Waals surface area (Å²) in [6, 6.07) is 11.6.